The van der Waals surface area contributed by atoms with Crippen LogP contribution in [0.25, 0.3) is 11.0 Å². The van der Waals surface area contributed by atoms with Crippen LogP contribution in [-0.4, -0.2) is 57.3 Å². The van der Waals surface area contributed by atoms with E-state index in [2.05, 4.69) is 20.3 Å². The molecule has 1 atom stereocenters. The summed E-state index contributed by atoms with van der Waals surface area (Å²) in [5.74, 6) is 0.633. The Labute approximate surface area is 254 Å². The van der Waals surface area contributed by atoms with Gasteiger partial charge in [-0.15, -0.1) is 0 Å². The number of H-pyrrole nitrogens is 1. The molecule has 0 radical (unpaired) electrons. The topological polar surface area (TPSA) is 109 Å². The average Bonchev–Trinajstić information content (AvgIpc) is 3.35. The van der Waals surface area contributed by atoms with Crippen molar-refractivity contribution in [2.24, 2.45) is 0 Å². The van der Waals surface area contributed by atoms with Crippen molar-refractivity contribution in [2.45, 2.75) is 31.7 Å². The third-order valence-corrected chi connectivity index (χ3v) is 7.69. The SMILES string of the molecule is O=C(c1ccc(Oc2ccccc2)cc1F)c1c[nH]c2ncnc(NCC3CCCCCN3C(=O)COc3ccccc3)c12. The fraction of sp³-hybridized carbons (Fsp3) is 0.235. The molecule has 0 spiro atoms. The molecular weight excluding hydrogens is 561 g/mol. The molecule has 0 aliphatic carbocycles. The number of benzene rings is 3. The number of aromatic nitrogens is 3. The van der Waals surface area contributed by atoms with Gasteiger partial charge in [-0.05, 0) is 49.2 Å². The number of amides is 1. The molecule has 10 heteroatoms. The summed E-state index contributed by atoms with van der Waals surface area (Å²) in [5.41, 5.74) is 0.587. The minimum absolute atomic E-state index is 0.0462. The van der Waals surface area contributed by atoms with Crippen LogP contribution in [0.5, 0.6) is 17.2 Å². The number of carbonyl (C=O) groups excluding carboxylic acids is 2. The molecule has 0 bridgehead atoms. The van der Waals surface area contributed by atoms with E-state index in [-0.39, 0.29) is 35.4 Å². The standard InChI is InChI=1S/C34H32FN5O4/c35-29-18-26(44-25-13-7-2-8-14-25)15-16-27(29)32(42)28-20-37-34-31(28)33(38-22-39-34)36-19-23-10-4-3-9-17-40(23)30(41)21-43-24-11-5-1-6-12-24/h1-2,5-8,11-16,18,20,22-23H,3-4,9-10,17,19,21H2,(H2,36,37,38,39). The van der Waals surface area contributed by atoms with Gasteiger partial charge < -0.3 is 24.7 Å². The Morgan fingerprint density at radius 1 is 0.909 bits per heavy atom. The maximum Gasteiger partial charge on any atom is 0.260 e. The van der Waals surface area contributed by atoms with Gasteiger partial charge in [-0.1, -0.05) is 49.2 Å². The van der Waals surface area contributed by atoms with Crippen molar-refractivity contribution in [3.05, 3.63) is 108 Å². The van der Waals surface area contributed by atoms with E-state index < -0.39 is 11.6 Å². The van der Waals surface area contributed by atoms with Gasteiger partial charge in [-0.2, -0.15) is 0 Å². The number of ether oxygens (including phenoxy) is 2. The van der Waals surface area contributed by atoms with Crippen molar-refractivity contribution >= 4 is 28.5 Å². The molecule has 9 nitrogen and oxygen atoms in total. The molecule has 44 heavy (non-hydrogen) atoms. The van der Waals surface area contributed by atoms with E-state index in [0.717, 1.165) is 25.7 Å². The molecule has 3 aromatic carbocycles. The second kappa shape index (κ2) is 13.4. The Morgan fingerprint density at radius 3 is 2.45 bits per heavy atom. The number of hydrogen-bond acceptors (Lipinski definition) is 7. The largest absolute Gasteiger partial charge is 0.484 e. The number of aromatic amines is 1. The number of nitrogens with zero attached hydrogens (tertiary/aromatic N) is 3. The lowest BCUT2D eigenvalue weighted by atomic mass is 10.0. The second-order valence-corrected chi connectivity index (χ2v) is 10.6. The lowest BCUT2D eigenvalue weighted by molar-refractivity contribution is -0.135. The van der Waals surface area contributed by atoms with Gasteiger partial charge >= 0.3 is 0 Å². The lowest BCUT2D eigenvalue weighted by Crippen LogP contribution is -2.45. The lowest BCUT2D eigenvalue weighted by Gasteiger charge is -2.30. The Hall–Kier alpha value is -5.25. The van der Waals surface area contributed by atoms with Crippen LogP contribution in [-0.2, 0) is 4.79 Å². The predicted octanol–water partition coefficient (Wildman–Crippen LogP) is 6.38. The molecule has 2 aromatic heterocycles. The Bertz CT molecular complexity index is 1750. The molecule has 1 aliphatic rings. The van der Waals surface area contributed by atoms with Crippen molar-refractivity contribution in [2.75, 3.05) is 25.0 Å². The van der Waals surface area contributed by atoms with Crippen LogP contribution < -0.4 is 14.8 Å². The van der Waals surface area contributed by atoms with Gasteiger partial charge in [0, 0.05) is 31.4 Å². The second-order valence-electron chi connectivity index (χ2n) is 10.6. The Morgan fingerprint density at radius 2 is 1.68 bits per heavy atom. The summed E-state index contributed by atoms with van der Waals surface area (Å²) < 4.78 is 26.7. The molecule has 1 saturated heterocycles. The number of fused-ring (bicyclic) bond motifs is 1. The van der Waals surface area contributed by atoms with Crippen LogP contribution in [0.4, 0.5) is 10.2 Å². The summed E-state index contributed by atoms with van der Waals surface area (Å²) in [7, 11) is 0. The molecule has 1 unspecified atom stereocenters. The highest BCUT2D eigenvalue weighted by atomic mass is 19.1. The third-order valence-electron chi connectivity index (χ3n) is 7.69. The summed E-state index contributed by atoms with van der Waals surface area (Å²) in [4.78, 5) is 40.4. The zero-order valence-electron chi connectivity index (χ0n) is 24.0. The highest BCUT2D eigenvalue weighted by Crippen LogP contribution is 2.29. The van der Waals surface area contributed by atoms with Gasteiger partial charge in [0.25, 0.3) is 5.91 Å². The predicted molar refractivity (Wildman–Crippen MR) is 165 cm³/mol. The normalized spacial score (nSPS) is 15.0. The maximum atomic E-state index is 15.2. The Kier molecular flexibility index (Phi) is 8.77. The molecule has 224 valence electrons. The quantitative estimate of drug-likeness (QED) is 0.181. The number of rotatable bonds is 10. The number of halogens is 1. The molecule has 2 N–H and O–H groups in total. The minimum atomic E-state index is -0.700. The van der Waals surface area contributed by atoms with Gasteiger partial charge in [-0.3, -0.25) is 9.59 Å². The fourth-order valence-electron chi connectivity index (χ4n) is 5.47. The first-order valence-corrected chi connectivity index (χ1v) is 14.7. The van der Waals surface area contributed by atoms with Gasteiger partial charge in [0.15, 0.2) is 12.4 Å². The number of para-hydroxylation sites is 2. The number of hydrogen-bond donors (Lipinski definition) is 2. The Balaban J connectivity index is 1.19. The molecule has 1 amide bonds. The van der Waals surface area contributed by atoms with Crippen molar-refractivity contribution < 1.29 is 23.5 Å². The molecular formula is C34H32FN5O4. The number of carbonyl (C=O) groups is 2. The van der Waals surface area contributed by atoms with Gasteiger partial charge in [0.2, 0.25) is 0 Å². The van der Waals surface area contributed by atoms with E-state index in [4.69, 9.17) is 9.47 Å². The molecule has 0 saturated carbocycles. The molecule has 1 aliphatic heterocycles. The number of nitrogens with one attached hydrogen (secondary N) is 2. The molecule has 6 rings (SSSR count). The van der Waals surface area contributed by atoms with E-state index in [1.54, 1.807) is 18.2 Å². The first-order valence-electron chi connectivity index (χ1n) is 14.7. The van der Waals surface area contributed by atoms with E-state index >= 15 is 4.39 Å². The molecule has 5 aromatic rings. The third kappa shape index (κ3) is 6.54. The first-order chi connectivity index (χ1) is 21.6. The van der Waals surface area contributed by atoms with Crippen molar-refractivity contribution in [1.29, 1.82) is 0 Å². The fourth-order valence-corrected chi connectivity index (χ4v) is 5.47. The smallest absolute Gasteiger partial charge is 0.260 e. The van der Waals surface area contributed by atoms with E-state index in [9.17, 15) is 9.59 Å². The maximum absolute atomic E-state index is 15.2. The summed E-state index contributed by atoms with van der Waals surface area (Å²) >= 11 is 0. The zero-order chi connectivity index (χ0) is 30.3. The average molecular weight is 594 g/mol. The van der Waals surface area contributed by atoms with E-state index in [0.29, 0.717) is 41.4 Å². The number of likely N-dealkylation sites (tertiary alicyclic amines) is 1. The minimum Gasteiger partial charge on any atom is -0.484 e. The highest BCUT2D eigenvalue weighted by Gasteiger charge is 2.27. The zero-order valence-corrected chi connectivity index (χ0v) is 24.0. The van der Waals surface area contributed by atoms with Crippen LogP contribution in [0.1, 0.15) is 41.6 Å². The van der Waals surface area contributed by atoms with Crippen LogP contribution in [0, 0.1) is 5.82 Å². The summed E-state index contributed by atoms with van der Waals surface area (Å²) in [6.45, 7) is 1.01. The van der Waals surface area contributed by atoms with Crippen LogP contribution in [0.15, 0.2) is 91.4 Å². The van der Waals surface area contributed by atoms with Gasteiger partial charge in [0.1, 0.15) is 40.9 Å². The summed E-state index contributed by atoms with van der Waals surface area (Å²) in [6.07, 6.45) is 6.68. The monoisotopic (exact) mass is 593 g/mol. The summed E-state index contributed by atoms with van der Waals surface area (Å²) in [5, 5.41) is 3.81. The number of ketones is 1. The van der Waals surface area contributed by atoms with Crippen LogP contribution in [0.2, 0.25) is 0 Å². The van der Waals surface area contributed by atoms with E-state index in [1.165, 1.54) is 24.7 Å². The van der Waals surface area contributed by atoms with Gasteiger partial charge in [-0.25, -0.2) is 14.4 Å². The summed E-state index contributed by atoms with van der Waals surface area (Å²) in [6, 6.07) is 22.4. The number of anilines is 1. The van der Waals surface area contributed by atoms with Gasteiger partial charge in [0.05, 0.1) is 16.5 Å². The molecule has 1 fully saturated rings. The molecule has 3 heterocycles. The van der Waals surface area contributed by atoms with Crippen molar-refractivity contribution in [1.82, 2.24) is 19.9 Å². The van der Waals surface area contributed by atoms with Crippen LogP contribution >= 0.6 is 0 Å². The van der Waals surface area contributed by atoms with E-state index in [1.807, 2.05) is 53.4 Å². The van der Waals surface area contributed by atoms with Crippen molar-refractivity contribution in [3.8, 4) is 17.2 Å². The van der Waals surface area contributed by atoms with Crippen LogP contribution in [0.3, 0.4) is 0 Å². The highest BCUT2D eigenvalue weighted by molar-refractivity contribution is 6.18. The first kappa shape index (κ1) is 28.9. The van der Waals surface area contributed by atoms with Crippen molar-refractivity contribution in [3.63, 3.8) is 0 Å².